The third-order valence-corrected chi connectivity index (χ3v) is 2.26. The van der Waals surface area contributed by atoms with Gasteiger partial charge in [0.25, 0.3) is 0 Å². The summed E-state index contributed by atoms with van der Waals surface area (Å²) >= 11 is 5.47. The van der Waals surface area contributed by atoms with Crippen LogP contribution < -0.4 is 0 Å². The molecular weight excluding hydrogens is 218 g/mol. The van der Waals surface area contributed by atoms with Crippen LogP contribution in [0.5, 0.6) is 0 Å². The Hall–Kier alpha value is -1.39. The molecule has 0 saturated heterocycles. The van der Waals surface area contributed by atoms with Gasteiger partial charge in [-0.05, 0) is 12.1 Å². The second-order valence-electron chi connectivity index (χ2n) is 2.97. The molecule has 78 valence electrons. The topological polar surface area (TPSA) is 63.3 Å². The van der Waals surface area contributed by atoms with E-state index in [0.717, 1.165) is 0 Å². The van der Waals surface area contributed by atoms with Crippen LogP contribution in [0.1, 0.15) is 16.2 Å². The Morgan fingerprint density at radius 2 is 2.33 bits per heavy atom. The molecule has 0 saturated carbocycles. The zero-order valence-electron chi connectivity index (χ0n) is 7.74. The number of aliphatic hydroxyl groups excluding tert-OH is 1. The molecule has 0 fully saturated rings. The lowest BCUT2D eigenvalue weighted by molar-refractivity contribution is 0.102. The van der Waals surface area contributed by atoms with Crippen LogP contribution in [0.25, 0.3) is 11.1 Å². The zero-order valence-corrected chi connectivity index (χ0v) is 8.49. The van der Waals surface area contributed by atoms with Gasteiger partial charge < -0.3 is 9.52 Å². The van der Waals surface area contributed by atoms with E-state index in [1.807, 2.05) is 0 Å². The molecule has 0 unspecified atom stereocenters. The minimum atomic E-state index is -0.289. The van der Waals surface area contributed by atoms with Gasteiger partial charge in [0.15, 0.2) is 11.4 Å². The molecule has 15 heavy (non-hydrogen) atoms. The lowest BCUT2D eigenvalue weighted by atomic mass is 10.1. The predicted molar refractivity (Wildman–Crippen MR) is 55.0 cm³/mol. The van der Waals surface area contributed by atoms with Crippen molar-refractivity contribution in [1.82, 2.24) is 4.98 Å². The number of fused-ring (bicyclic) bond motifs is 1. The van der Waals surface area contributed by atoms with Crippen LogP contribution in [0, 0.1) is 0 Å². The Morgan fingerprint density at radius 3 is 3.00 bits per heavy atom. The zero-order chi connectivity index (χ0) is 10.8. The van der Waals surface area contributed by atoms with Crippen molar-refractivity contribution in [3.63, 3.8) is 0 Å². The fraction of sp³-hybridized carbons (Fsp3) is 0.200. The van der Waals surface area contributed by atoms with E-state index in [0.29, 0.717) is 16.7 Å². The first-order chi connectivity index (χ1) is 7.26. The number of rotatable bonds is 3. The number of ketones is 1. The summed E-state index contributed by atoms with van der Waals surface area (Å²) < 4.78 is 5.20. The lowest BCUT2D eigenvalue weighted by Gasteiger charge is -1.95. The highest BCUT2D eigenvalue weighted by molar-refractivity contribution is 6.31. The summed E-state index contributed by atoms with van der Waals surface area (Å²) in [7, 11) is 0. The van der Waals surface area contributed by atoms with E-state index in [9.17, 15) is 4.79 Å². The van der Waals surface area contributed by atoms with Crippen molar-refractivity contribution in [1.29, 1.82) is 0 Å². The second kappa shape index (κ2) is 4.00. The van der Waals surface area contributed by atoms with Crippen molar-refractivity contribution < 1.29 is 14.3 Å². The number of carbonyl (C=O) groups excluding carboxylic acids is 1. The molecule has 0 amide bonds. The van der Waals surface area contributed by atoms with Crippen LogP contribution >= 0.6 is 11.6 Å². The van der Waals surface area contributed by atoms with Crippen molar-refractivity contribution in [2.75, 3.05) is 5.88 Å². The van der Waals surface area contributed by atoms with E-state index in [1.165, 1.54) is 0 Å². The summed E-state index contributed by atoms with van der Waals surface area (Å²) in [6, 6.07) is 5.01. The number of nitrogens with zero attached hydrogens (tertiary/aromatic N) is 1. The van der Waals surface area contributed by atoms with Gasteiger partial charge in [0.05, 0.1) is 5.88 Å². The molecule has 1 heterocycles. The van der Waals surface area contributed by atoms with E-state index in [-0.39, 0.29) is 24.2 Å². The minimum absolute atomic E-state index is 0.0968. The monoisotopic (exact) mass is 225 g/mol. The molecule has 5 heteroatoms. The van der Waals surface area contributed by atoms with Crippen molar-refractivity contribution >= 4 is 28.5 Å². The number of aliphatic hydroxyl groups is 1. The number of para-hydroxylation sites is 1. The highest BCUT2D eigenvalue weighted by atomic mass is 35.5. The smallest absolute Gasteiger partial charge is 0.221 e. The highest BCUT2D eigenvalue weighted by Crippen LogP contribution is 2.20. The van der Waals surface area contributed by atoms with Gasteiger partial charge in [-0.25, -0.2) is 4.98 Å². The summed E-state index contributed by atoms with van der Waals surface area (Å²) in [5, 5.41) is 8.86. The van der Waals surface area contributed by atoms with Gasteiger partial charge in [-0.1, -0.05) is 6.07 Å². The average Bonchev–Trinajstić information content (AvgIpc) is 2.70. The Morgan fingerprint density at radius 1 is 1.53 bits per heavy atom. The van der Waals surface area contributed by atoms with E-state index < -0.39 is 0 Å². The van der Waals surface area contributed by atoms with Gasteiger partial charge in [0.1, 0.15) is 12.1 Å². The molecule has 4 nitrogen and oxygen atoms in total. The lowest BCUT2D eigenvalue weighted by Crippen LogP contribution is -2.00. The summed E-state index contributed by atoms with van der Waals surface area (Å²) in [4.78, 5) is 15.5. The number of benzene rings is 1. The number of oxazole rings is 1. The number of aromatic nitrogens is 1. The molecular formula is C10H8ClNO3. The van der Waals surface area contributed by atoms with Gasteiger partial charge in [-0.3, -0.25) is 4.79 Å². The Kier molecular flexibility index (Phi) is 2.70. The Balaban J connectivity index is 2.64. The third-order valence-electron chi connectivity index (χ3n) is 2.02. The maximum Gasteiger partial charge on any atom is 0.221 e. The first kappa shape index (κ1) is 10.1. The van der Waals surface area contributed by atoms with Crippen LogP contribution in [0.3, 0.4) is 0 Å². The summed E-state index contributed by atoms with van der Waals surface area (Å²) in [5.41, 5.74) is 1.35. The quantitative estimate of drug-likeness (QED) is 0.639. The van der Waals surface area contributed by atoms with Crippen LogP contribution in [-0.2, 0) is 6.61 Å². The largest absolute Gasteiger partial charge is 0.438 e. The molecule has 0 aliphatic heterocycles. The molecule has 0 aliphatic rings. The number of hydrogen-bond donors (Lipinski definition) is 1. The van der Waals surface area contributed by atoms with Gasteiger partial charge in [0, 0.05) is 5.56 Å². The minimum Gasteiger partial charge on any atom is -0.438 e. The molecule has 0 aliphatic carbocycles. The molecule has 2 aromatic rings. The van der Waals surface area contributed by atoms with Gasteiger partial charge in [0.2, 0.25) is 5.89 Å². The summed E-state index contributed by atoms with van der Waals surface area (Å²) in [6.07, 6.45) is 0. The van der Waals surface area contributed by atoms with Gasteiger partial charge in [-0.2, -0.15) is 0 Å². The second-order valence-corrected chi connectivity index (χ2v) is 3.24. The number of carbonyl (C=O) groups is 1. The van der Waals surface area contributed by atoms with Gasteiger partial charge >= 0.3 is 0 Å². The SMILES string of the molecule is O=C(CCl)c1cccc2oc(CO)nc12. The average molecular weight is 226 g/mol. The van der Waals surface area contributed by atoms with Crippen LogP contribution in [0.2, 0.25) is 0 Å². The molecule has 0 spiro atoms. The first-order valence-corrected chi connectivity index (χ1v) is 4.88. The van der Waals surface area contributed by atoms with E-state index in [4.69, 9.17) is 21.1 Å². The summed E-state index contributed by atoms with van der Waals surface area (Å²) in [5.74, 6) is -0.111. The van der Waals surface area contributed by atoms with Gasteiger partial charge in [-0.15, -0.1) is 11.6 Å². The fourth-order valence-electron chi connectivity index (χ4n) is 1.36. The van der Waals surface area contributed by atoms with Crippen molar-refractivity contribution in [3.8, 4) is 0 Å². The van der Waals surface area contributed by atoms with Crippen molar-refractivity contribution in [2.45, 2.75) is 6.61 Å². The van der Waals surface area contributed by atoms with Crippen molar-refractivity contribution in [3.05, 3.63) is 29.7 Å². The highest BCUT2D eigenvalue weighted by Gasteiger charge is 2.13. The molecule has 1 aromatic carbocycles. The molecule has 2 rings (SSSR count). The maximum absolute atomic E-state index is 11.4. The fourth-order valence-corrected chi connectivity index (χ4v) is 1.50. The summed E-state index contributed by atoms with van der Waals surface area (Å²) in [6.45, 7) is -0.289. The van der Waals surface area contributed by atoms with Crippen LogP contribution in [-0.4, -0.2) is 21.8 Å². The Bertz CT molecular complexity index is 506. The molecule has 1 aromatic heterocycles. The number of alkyl halides is 1. The van der Waals surface area contributed by atoms with E-state index >= 15 is 0 Å². The Labute approximate surface area is 90.5 Å². The number of halogens is 1. The maximum atomic E-state index is 11.4. The molecule has 0 atom stereocenters. The number of hydrogen-bond acceptors (Lipinski definition) is 4. The molecule has 0 bridgehead atoms. The van der Waals surface area contributed by atoms with E-state index in [1.54, 1.807) is 18.2 Å². The molecule has 0 radical (unpaired) electrons. The third kappa shape index (κ3) is 1.73. The first-order valence-electron chi connectivity index (χ1n) is 4.34. The number of Topliss-reactive ketones (excluding diaryl/α,β-unsaturated/α-hetero) is 1. The molecule has 1 N–H and O–H groups in total. The van der Waals surface area contributed by atoms with Crippen LogP contribution in [0.4, 0.5) is 0 Å². The predicted octanol–water partition coefficient (Wildman–Crippen LogP) is 1.74. The normalized spacial score (nSPS) is 10.8. The standard InChI is InChI=1S/C10H8ClNO3/c11-4-7(14)6-2-1-3-8-10(6)12-9(5-13)15-8/h1-3,13H,4-5H2. The van der Waals surface area contributed by atoms with Crippen molar-refractivity contribution in [2.24, 2.45) is 0 Å². The van der Waals surface area contributed by atoms with Crippen LogP contribution in [0.15, 0.2) is 22.6 Å². The van der Waals surface area contributed by atoms with E-state index in [2.05, 4.69) is 4.98 Å².